The van der Waals surface area contributed by atoms with E-state index in [1.807, 2.05) is 47.4 Å². The van der Waals surface area contributed by atoms with Gasteiger partial charge in [-0.3, -0.25) is 9.59 Å². The van der Waals surface area contributed by atoms with Crippen LogP contribution in [-0.2, 0) is 29.0 Å². The Morgan fingerprint density at radius 1 is 1.00 bits per heavy atom. The molecule has 2 amide bonds. The Morgan fingerprint density at radius 3 is 2.67 bits per heavy atom. The summed E-state index contributed by atoms with van der Waals surface area (Å²) in [5.74, 6) is 0.0524. The molecule has 0 bridgehead atoms. The molecule has 3 aromatic rings. The van der Waals surface area contributed by atoms with Crippen LogP contribution in [0.2, 0.25) is 0 Å². The van der Waals surface area contributed by atoms with Crippen LogP contribution in [0, 0.1) is 0 Å². The van der Waals surface area contributed by atoms with Crippen molar-refractivity contribution in [1.82, 2.24) is 4.90 Å². The van der Waals surface area contributed by atoms with Crippen molar-refractivity contribution in [2.45, 2.75) is 26.3 Å². The maximum atomic E-state index is 12.6. The molecule has 0 atom stereocenters. The van der Waals surface area contributed by atoms with Crippen LogP contribution in [0.4, 0.5) is 5.69 Å². The van der Waals surface area contributed by atoms with E-state index >= 15 is 0 Å². The molecule has 3 aromatic carbocycles. The van der Waals surface area contributed by atoms with Gasteiger partial charge in [-0.25, -0.2) is 0 Å². The molecular formula is C23H22N2O2. The zero-order valence-electron chi connectivity index (χ0n) is 15.4. The summed E-state index contributed by atoms with van der Waals surface area (Å²) in [6, 6.07) is 20.1. The van der Waals surface area contributed by atoms with Gasteiger partial charge in [0.25, 0.3) is 0 Å². The number of hydrogen-bond donors (Lipinski definition) is 1. The Morgan fingerprint density at radius 2 is 1.81 bits per heavy atom. The number of nitrogens with one attached hydrogen (secondary N) is 1. The third-order valence-electron chi connectivity index (χ3n) is 5.18. The van der Waals surface area contributed by atoms with E-state index in [-0.39, 0.29) is 11.8 Å². The van der Waals surface area contributed by atoms with E-state index in [0.29, 0.717) is 13.0 Å². The number of hydrogen-bond acceptors (Lipinski definition) is 2. The third-order valence-corrected chi connectivity index (χ3v) is 5.18. The summed E-state index contributed by atoms with van der Waals surface area (Å²) in [5.41, 5.74) is 4.16. The number of benzene rings is 3. The van der Waals surface area contributed by atoms with Crippen LogP contribution < -0.4 is 5.32 Å². The first-order valence-electron chi connectivity index (χ1n) is 9.24. The lowest BCUT2D eigenvalue weighted by Gasteiger charge is -2.28. The number of carbonyl (C=O) groups is 2. The van der Waals surface area contributed by atoms with Crippen LogP contribution in [0.5, 0.6) is 0 Å². The van der Waals surface area contributed by atoms with Crippen LogP contribution in [0.15, 0.2) is 60.7 Å². The van der Waals surface area contributed by atoms with Crippen molar-refractivity contribution in [3.8, 4) is 0 Å². The summed E-state index contributed by atoms with van der Waals surface area (Å²) in [6.45, 7) is 2.97. The predicted octanol–water partition coefficient (Wildman–Crippen LogP) is 3.93. The number of rotatable bonds is 3. The van der Waals surface area contributed by atoms with Gasteiger partial charge in [0, 0.05) is 25.7 Å². The van der Waals surface area contributed by atoms with Gasteiger partial charge in [-0.05, 0) is 46.0 Å². The monoisotopic (exact) mass is 358 g/mol. The van der Waals surface area contributed by atoms with Crippen molar-refractivity contribution in [3.05, 3.63) is 77.4 Å². The smallest absolute Gasteiger partial charge is 0.228 e. The first-order chi connectivity index (χ1) is 13.1. The minimum Gasteiger partial charge on any atom is -0.338 e. The number of carbonyl (C=O) groups excluding carboxylic acids is 2. The fourth-order valence-electron chi connectivity index (χ4n) is 3.73. The van der Waals surface area contributed by atoms with E-state index in [9.17, 15) is 9.59 Å². The van der Waals surface area contributed by atoms with Crippen LogP contribution >= 0.6 is 0 Å². The molecule has 4 nitrogen and oxygen atoms in total. The van der Waals surface area contributed by atoms with Gasteiger partial charge in [-0.1, -0.05) is 48.5 Å². The van der Waals surface area contributed by atoms with Crippen molar-refractivity contribution in [2.75, 3.05) is 11.9 Å². The molecule has 0 aliphatic carbocycles. The van der Waals surface area contributed by atoms with Crippen molar-refractivity contribution < 1.29 is 9.59 Å². The average Bonchev–Trinajstić information content (AvgIpc) is 2.67. The van der Waals surface area contributed by atoms with E-state index in [0.717, 1.165) is 40.6 Å². The van der Waals surface area contributed by atoms with Gasteiger partial charge in [0.05, 0.1) is 6.42 Å². The average molecular weight is 358 g/mol. The first kappa shape index (κ1) is 17.3. The maximum Gasteiger partial charge on any atom is 0.228 e. The van der Waals surface area contributed by atoms with Crippen LogP contribution in [0.25, 0.3) is 10.8 Å². The summed E-state index contributed by atoms with van der Waals surface area (Å²) in [5, 5.41) is 5.26. The van der Waals surface area contributed by atoms with Crippen molar-refractivity contribution in [3.63, 3.8) is 0 Å². The lowest BCUT2D eigenvalue weighted by molar-refractivity contribution is -0.129. The van der Waals surface area contributed by atoms with E-state index in [2.05, 4.69) is 23.5 Å². The molecule has 0 unspecified atom stereocenters. The standard InChI is InChI=1S/C23H22N2O2/c1-16(26)25-12-11-17-9-10-21(13-20(17)15-25)24-23(27)14-19-7-4-6-18-5-2-3-8-22(18)19/h2-10,13H,11-12,14-15H2,1H3,(H,24,27). The SMILES string of the molecule is CC(=O)N1CCc2ccc(NC(=O)Cc3cccc4ccccc34)cc2C1. The van der Waals surface area contributed by atoms with Gasteiger partial charge in [-0.15, -0.1) is 0 Å². The fourth-order valence-corrected chi connectivity index (χ4v) is 3.73. The third kappa shape index (κ3) is 3.70. The highest BCUT2D eigenvalue weighted by molar-refractivity contribution is 5.96. The number of nitrogens with zero attached hydrogens (tertiary/aromatic N) is 1. The highest BCUT2D eigenvalue weighted by atomic mass is 16.2. The molecule has 4 heteroatoms. The molecule has 1 aliphatic rings. The van der Waals surface area contributed by atoms with Crippen LogP contribution in [-0.4, -0.2) is 23.3 Å². The molecule has 0 spiro atoms. The van der Waals surface area contributed by atoms with Crippen molar-refractivity contribution >= 4 is 28.3 Å². The molecule has 0 saturated heterocycles. The normalized spacial score (nSPS) is 13.3. The van der Waals surface area contributed by atoms with Gasteiger partial charge >= 0.3 is 0 Å². The van der Waals surface area contributed by atoms with Crippen molar-refractivity contribution in [1.29, 1.82) is 0 Å². The molecule has 4 rings (SSSR count). The maximum absolute atomic E-state index is 12.6. The van der Waals surface area contributed by atoms with Gasteiger partial charge in [0.15, 0.2) is 0 Å². The Hall–Kier alpha value is -3.14. The number of amides is 2. The van der Waals surface area contributed by atoms with Crippen LogP contribution in [0.1, 0.15) is 23.6 Å². The minimum atomic E-state index is -0.0365. The minimum absolute atomic E-state index is 0.0365. The zero-order valence-corrected chi connectivity index (χ0v) is 15.4. The molecule has 1 N–H and O–H groups in total. The van der Waals surface area contributed by atoms with Gasteiger partial charge < -0.3 is 10.2 Å². The molecule has 1 aliphatic heterocycles. The molecule has 0 saturated carbocycles. The second kappa shape index (κ2) is 7.23. The summed E-state index contributed by atoms with van der Waals surface area (Å²) in [7, 11) is 0. The summed E-state index contributed by atoms with van der Waals surface area (Å²) in [4.78, 5) is 26.1. The summed E-state index contributed by atoms with van der Waals surface area (Å²) < 4.78 is 0. The number of fused-ring (bicyclic) bond motifs is 2. The van der Waals surface area contributed by atoms with E-state index in [1.54, 1.807) is 6.92 Å². The highest BCUT2D eigenvalue weighted by Gasteiger charge is 2.18. The second-order valence-corrected chi connectivity index (χ2v) is 7.04. The first-order valence-corrected chi connectivity index (χ1v) is 9.24. The lowest BCUT2D eigenvalue weighted by atomic mass is 9.98. The molecular weight excluding hydrogens is 336 g/mol. The molecule has 0 fully saturated rings. The van der Waals surface area contributed by atoms with Crippen molar-refractivity contribution in [2.24, 2.45) is 0 Å². The largest absolute Gasteiger partial charge is 0.338 e. The zero-order chi connectivity index (χ0) is 18.8. The van der Waals surface area contributed by atoms with Gasteiger partial charge in [-0.2, -0.15) is 0 Å². The van der Waals surface area contributed by atoms with E-state index in [4.69, 9.17) is 0 Å². The molecule has 0 aromatic heterocycles. The Balaban J connectivity index is 1.50. The van der Waals surface area contributed by atoms with Crippen LogP contribution in [0.3, 0.4) is 0 Å². The topological polar surface area (TPSA) is 49.4 Å². The van der Waals surface area contributed by atoms with E-state index < -0.39 is 0 Å². The Bertz CT molecular complexity index is 1020. The Labute approximate surface area is 158 Å². The highest BCUT2D eigenvalue weighted by Crippen LogP contribution is 2.24. The molecule has 136 valence electrons. The van der Waals surface area contributed by atoms with Gasteiger partial charge in [0.2, 0.25) is 11.8 Å². The second-order valence-electron chi connectivity index (χ2n) is 7.04. The molecule has 0 radical (unpaired) electrons. The molecule has 1 heterocycles. The fraction of sp³-hybridized carbons (Fsp3) is 0.217. The summed E-state index contributed by atoms with van der Waals surface area (Å²) >= 11 is 0. The summed E-state index contributed by atoms with van der Waals surface area (Å²) in [6.07, 6.45) is 1.19. The predicted molar refractivity (Wildman–Crippen MR) is 108 cm³/mol. The quantitative estimate of drug-likeness (QED) is 0.771. The number of anilines is 1. The van der Waals surface area contributed by atoms with E-state index in [1.165, 1.54) is 5.56 Å². The van der Waals surface area contributed by atoms with Gasteiger partial charge in [0.1, 0.15) is 0 Å². The Kier molecular flexibility index (Phi) is 4.63. The molecule has 27 heavy (non-hydrogen) atoms. The lowest BCUT2D eigenvalue weighted by Crippen LogP contribution is -2.34.